The quantitative estimate of drug-likeness (QED) is 0.359. The van der Waals surface area contributed by atoms with Crippen molar-refractivity contribution in [2.45, 2.75) is 64.3 Å². The van der Waals surface area contributed by atoms with Crippen molar-refractivity contribution in [1.29, 1.82) is 0 Å². The molecule has 31 heavy (non-hydrogen) atoms. The molecule has 0 fully saturated rings. The molecule has 6 N–H and O–H groups in total. The van der Waals surface area contributed by atoms with Crippen LogP contribution in [-0.2, 0) is 19.1 Å². The van der Waals surface area contributed by atoms with E-state index in [-0.39, 0.29) is 0 Å². The van der Waals surface area contributed by atoms with Gasteiger partial charge in [0.2, 0.25) is 11.8 Å². The fraction of sp³-hybridized carbons (Fsp3) is 0.524. The molecule has 1 unspecified atom stereocenters. The monoisotopic (exact) mass is 436 g/mol. The van der Waals surface area contributed by atoms with Gasteiger partial charge in [0.25, 0.3) is 5.91 Å². The van der Waals surface area contributed by atoms with E-state index in [4.69, 9.17) is 10.5 Å². The summed E-state index contributed by atoms with van der Waals surface area (Å²) < 4.78 is 5.15. The van der Waals surface area contributed by atoms with Crippen LogP contribution >= 0.6 is 0 Å². The normalized spacial score (nSPS) is 14.0. The van der Waals surface area contributed by atoms with Crippen LogP contribution in [0.4, 0.5) is 4.79 Å². The van der Waals surface area contributed by atoms with Crippen LogP contribution < -0.4 is 21.7 Å². The lowest BCUT2D eigenvalue weighted by Gasteiger charge is -2.26. The largest absolute Gasteiger partial charge is 0.444 e. The number of ether oxygens (including phenoxy) is 1. The SMILES string of the molecule is CCC[C@H](NC(=O)OC(C)(C)C)C(O)C(=O)NCC(=O)N[C@H](C(N)=O)c1ccccc1. The van der Waals surface area contributed by atoms with E-state index in [0.29, 0.717) is 18.4 Å². The summed E-state index contributed by atoms with van der Waals surface area (Å²) in [7, 11) is 0. The molecule has 0 spiro atoms. The number of nitrogens with two attached hydrogens (primary N) is 1. The van der Waals surface area contributed by atoms with Gasteiger partial charge in [0.05, 0.1) is 12.6 Å². The number of aliphatic hydroxyl groups is 1. The Balaban J connectivity index is 2.65. The predicted octanol–water partition coefficient (Wildman–Crippen LogP) is 0.500. The second-order valence-corrected chi connectivity index (χ2v) is 8.02. The average molecular weight is 437 g/mol. The molecular weight excluding hydrogens is 404 g/mol. The Hall–Kier alpha value is -3.14. The summed E-state index contributed by atoms with van der Waals surface area (Å²) in [5.74, 6) is -2.27. The van der Waals surface area contributed by atoms with Crippen LogP contribution in [0, 0.1) is 0 Å². The topological polar surface area (TPSA) is 160 Å². The molecule has 0 aliphatic carbocycles. The fourth-order valence-corrected chi connectivity index (χ4v) is 2.71. The van der Waals surface area contributed by atoms with Gasteiger partial charge in [0.1, 0.15) is 11.6 Å². The number of rotatable bonds is 10. The molecule has 10 nitrogen and oxygen atoms in total. The lowest BCUT2D eigenvalue weighted by atomic mass is 10.1. The minimum atomic E-state index is -1.60. The molecule has 0 saturated heterocycles. The van der Waals surface area contributed by atoms with E-state index in [2.05, 4.69) is 16.0 Å². The first kappa shape index (κ1) is 25.9. The Morgan fingerprint density at radius 2 is 1.71 bits per heavy atom. The van der Waals surface area contributed by atoms with Gasteiger partial charge in [-0.25, -0.2) is 4.79 Å². The molecule has 3 atom stereocenters. The van der Waals surface area contributed by atoms with Gasteiger partial charge in [0, 0.05) is 0 Å². The van der Waals surface area contributed by atoms with Crippen molar-refractivity contribution < 1.29 is 29.0 Å². The van der Waals surface area contributed by atoms with E-state index in [1.807, 2.05) is 6.92 Å². The Kier molecular flexibility index (Phi) is 9.94. The van der Waals surface area contributed by atoms with Gasteiger partial charge < -0.3 is 31.5 Å². The minimum Gasteiger partial charge on any atom is -0.444 e. The van der Waals surface area contributed by atoms with E-state index in [1.54, 1.807) is 51.1 Å². The molecule has 0 aliphatic heterocycles. The van der Waals surface area contributed by atoms with Crippen LogP contribution in [0.3, 0.4) is 0 Å². The molecule has 1 aromatic rings. The van der Waals surface area contributed by atoms with Gasteiger partial charge in [-0.05, 0) is 32.8 Å². The maximum atomic E-state index is 12.3. The highest BCUT2D eigenvalue weighted by atomic mass is 16.6. The number of nitrogens with one attached hydrogen (secondary N) is 3. The van der Waals surface area contributed by atoms with Crippen molar-refractivity contribution in [3.8, 4) is 0 Å². The molecule has 1 rings (SSSR count). The fourth-order valence-electron chi connectivity index (χ4n) is 2.71. The van der Waals surface area contributed by atoms with Gasteiger partial charge in [0.15, 0.2) is 6.10 Å². The van der Waals surface area contributed by atoms with E-state index in [1.165, 1.54) is 0 Å². The number of alkyl carbamates (subject to hydrolysis) is 1. The van der Waals surface area contributed by atoms with E-state index in [0.717, 1.165) is 0 Å². The third-order valence-electron chi connectivity index (χ3n) is 4.10. The molecule has 0 radical (unpaired) electrons. The molecule has 4 amide bonds. The summed E-state index contributed by atoms with van der Waals surface area (Å²) >= 11 is 0. The number of aliphatic hydroxyl groups excluding tert-OH is 1. The van der Waals surface area contributed by atoms with E-state index >= 15 is 0 Å². The van der Waals surface area contributed by atoms with Crippen LogP contribution in [0.25, 0.3) is 0 Å². The summed E-state index contributed by atoms with van der Waals surface area (Å²) in [5.41, 5.74) is 5.12. The zero-order valence-corrected chi connectivity index (χ0v) is 18.3. The molecule has 0 saturated carbocycles. The van der Waals surface area contributed by atoms with Crippen LogP contribution in [0.1, 0.15) is 52.1 Å². The zero-order valence-electron chi connectivity index (χ0n) is 18.3. The Bertz CT molecular complexity index is 763. The second kappa shape index (κ2) is 11.9. The number of carbonyl (C=O) groups excluding carboxylic acids is 4. The van der Waals surface area contributed by atoms with Crippen molar-refractivity contribution in [2.75, 3.05) is 6.54 Å². The van der Waals surface area contributed by atoms with E-state index in [9.17, 15) is 24.3 Å². The van der Waals surface area contributed by atoms with Crippen molar-refractivity contribution in [3.63, 3.8) is 0 Å². The molecular formula is C21H32N4O6. The molecule has 0 aromatic heterocycles. The van der Waals surface area contributed by atoms with Gasteiger partial charge in [-0.3, -0.25) is 14.4 Å². The van der Waals surface area contributed by atoms with Crippen LogP contribution in [0.15, 0.2) is 30.3 Å². The van der Waals surface area contributed by atoms with Crippen molar-refractivity contribution in [3.05, 3.63) is 35.9 Å². The Morgan fingerprint density at radius 3 is 2.23 bits per heavy atom. The third-order valence-corrected chi connectivity index (χ3v) is 4.10. The van der Waals surface area contributed by atoms with Gasteiger partial charge in [-0.1, -0.05) is 43.7 Å². The van der Waals surface area contributed by atoms with Crippen molar-refractivity contribution in [2.24, 2.45) is 5.73 Å². The first-order chi connectivity index (χ1) is 14.4. The maximum absolute atomic E-state index is 12.3. The molecule has 0 aliphatic rings. The smallest absolute Gasteiger partial charge is 0.407 e. The third kappa shape index (κ3) is 9.47. The van der Waals surface area contributed by atoms with Gasteiger partial charge >= 0.3 is 6.09 Å². The van der Waals surface area contributed by atoms with E-state index < -0.39 is 54.1 Å². The molecule has 10 heteroatoms. The molecule has 172 valence electrons. The average Bonchev–Trinajstić information content (AvgIpc) is 2.68. The summed E-state index contributed by atoms with van der Waals surface area (Å²) in [6, 6.07) is 6.46. The number of carbonyl (C=O) groups is 4. The molecule has 0 bridgehead atoms. The van der Waals surface area contributed by atoms with Crippen molar-refractivity contribution in [1.82, 2.24) is 16.0 Å². The highest BCUT2D eigenvalue weighted by Gasteiger charge is 2.29. The standard InChI is InChI=1S/C21H32N4O6/c1-5-9-14(24-20(30)31-21(2,3)4)17(27)19(29)23-12-15(26)25-16(18(22)28)13-10-7-6-8-11-13/h6-8,10-11,14,16-17,27H,5,9,12H2,1-4H3,(H2,22,28)(H,23,29)(H,24,30)(H,25,26)/t14-,16-,17?/m0/s1. The number of benzene rings is 1. The highest BCUT2D eigenvalue weighted by molar-refractivity contribution is 5.91. The number of hydrogen-bond acceptors (Lipinski definition) is 6. The maximum Gasteiger partial charge on any atom is 0.407 e. The number of hydrogen-bond donors (Lipinski definition) is 5. The lowest BCUT2D eigenvalue weighted by molar-refractivity contribution is -0.133. The lowest BCUT2D eigenvalue weighted by Crippen LogP contribution is -2.53. The van der Waals surface area contributed by atoms with Crippen LogP contribution in [-0.4, -0.2) is 53.2 Å². The number of primary amides is 1. The summed E-state index contributed by atoms with van der Waals surface area (Å²) in [6.45, 7) is 6.42. The first-order valence-corrected chi connectivity index (χ1v) is 10.0. The molecule has 0 heterocycles. The minimum absolute atomic E-state index is 0.317. The molecule has 1 aromatic carbocycles. The second-order valence-electron chi connectivity index (χ2n) is 8.02. The van der Waals surface area contributed by atoms with Crippen LogP contribution in [0.2, 0.25) is 0 Å². The summed E-state index contributed by atoms with van der Waals surface area (Å²) in [5, 5.41) is 17.5. The highest BCUT2D eigenvalue weighted by Crippen LogP contribution is 2.12. The van der Waals surface area contributed by atoms with Crippen LogP contribution in [0.5, 0.6) is 0 Å². The number of amides is 4. The van der Waals surface area contributed by atoms with Gasteiger partial charge in [-0.2, -0.15) is 0 Å². The zero-order chi connectivity index (χ0) is 23.6. The first-order valence-electron chi connectivity index (χ1n) is 10.0. The van der Waals surface area contributed by atoms with Gasteiger partial charge in [-0.15, -0.1) is 0 Å². The summed E-state index contributed by atoms with van der Waals surface area (Å²) in [4.78, 5) is 48.1. The Labute approximate surface area is 181 Å². The van der Waals surface area contributed by atoms with Crippen molar-refractivity contribution >= 4 is 23.8 Å². The predicted molar refractivity (Wildman–Crippen MR) is 114 cm³/mol. The Morgan fingerprint density at radius 1 is 1.10 bits per heavy atom. The summed E-state index contributed by atoms with van der Waals surface area (Å²) in [6.07, 6.45) is -1.45.